The molecular weight excluding hydrogens is 268 g/mol. The minimum Gasteiger partial charge on any atom is -0.340 e. The van der Waals surface area contributed by atoms with Gasteiger partial charge in [-0.25, -0.2) is 0 Å². The first kappa shape index (κ1) is 13.4. The average Bonchev–Trinajstić information content (AvgIpc) is 2.81. The smallest absolute Gasteiger partial charge is 0.236 e. The molecule has 5 rings (SSSR count). The SMILES string of the molecule is O=C(CNC12CC3CC(CC(C3)C1)C2)N1CCC(S)C1. The first-order chi connectivity index (χ1) is 9.62. The van der Waals surface area contributed by atoms with Crippen LogP contribution in [-0.4, -0.2) is 41.2 Å². The van der Waals surface area contributed by atoms with E-state index >= 15 is 0 Å². The Balaban J connectivity index is 1.36. The molecule has 0 radical (unpaired) electrons. The van der Waals surface area contributed by atoms with Gasteiger partial charge in [-0.3, -0.25) is 4.79 Å². The zero-order chi connectivity index (χ0) is 13.7. The molecule has 1 N–H and O–H groups in total. The van der Waals surface area contributed by atoms with E-state index in [4.69, 9.17) is 0 Å². The number of rotatable bonds is 3. The zero-order valence-electron chi connectivity index (χ0n) is 12.2. The van der Waals surface area contributed by atoms with Crippen molar-refractivity contribution in [3.8, 4) is 0 Å². The predicted octanol–water partition coefficient (Wildman–Crippen LogP) is 2.08. The van der Waals surface area contributed by atoms with Crippen LogP contribution in [0.1, 0.15) is 44.9 Å². The molecule has 4 bridgehead atoms. The molecule has 0 aromatic rings. The summed E-state index contributed by atoms with van der Waals surface area (Å²) in [6, 6.07) is 0. The molecule has 0 aromatic carbocycles. The Labute approximate surface area is 127 Å². The van der Waals surface area contributed by atoms with E-state index < -0.39 is 0 Å². The third-order valence-corrected chi connectivity index (χ3v) is 6.59. The number of carbonyl (C=O) groups excluding carboxylic acids is 1. The highest BCUT2D eigenvalue weighted by Gasteiger charge is 2.50. The van der Waals surface area contributed by atoms with Crippen molar-refractivity contribution in [1.29, 1.82) is 0 Å². The van der Waals surface area contributed by atoms with E-state index in [9.17, 15) is 4.79 Å². The van der Waals surface area contributed by atoms with Gasteiger partial charge in [0.1, 0.15) is 0 Å². The van der Waals surface area contributed by atoms with Gasteiger partial charge in [0.2, 0.25) is 5.91 Å². The summed E-state index contributed by atoms with van der Waals surface area (Å²) in [5, 5.41) is 4.09. The summed E-state index contributed by atoms with van der Waals surface area (Å²) >= 11 is 4.48. The number of amides is 1. The van der Waals surface area contributed by atoms with Crippen molar-refractivity contribution < 1.29 is 4.79 Å². The summed E-state index contributed by atoms with van der Waals surface area (Å²) in [4.78, 5) is 14.3. The first-order valence-electron chi connectivity index (χ1n) is 8.33. The Morgan fingerprint density at radius 3 is 2.25 bits per heavy atom. The summed E-state index contributed by atoms with van der Waals surface area (Å²) in [5.74, 6) is 3.12. The van der Waals surface area contributed by atoms with E-state index in [-0.39, 0.29) is 5.91 Å². The third kappa shape index (κ3) is 2.39. The van der Waals surface area contributed by atoms with Crippen molar-refractivity contribution in [2.24, 2.45) is 17.8 Å². The van der Waals surface area contributed by atoms with Crippen molar-refractivity contribution in [3.05, 3.63) is 0 Å². The lowest BCUT2D eigenvalue weighted by Gasteiger charge is -2.57. The maximum atomic E-state index is 12.3. The average molecular weight is 294 g/mol. The highest BCUT2D eigenvalue weighted by molar-refractivity contribution is 7.81. The maximum Gasteiger partial charge on any atom is 0.236 e. The third-order valence-electron chi connectivity index (χ3n) is 6.17. The van der Waals surface area contributed by atoms with Gasteiger partial charge in [0.25, 0.3) is 0 Å². The van der Waals surface area contributed by atoms with Crippen LogP contribution in [0.15, 0.2) is 0 Å². The Kier molecular flexibility index (Phi) is 3.30. The molecule has 5 fully saturated rings. The highest BCUT2D eigenvalue weighted by atomic mass is 32.1. The molecule has 1 amide bonds. The van der Waals surface area contributed by atoms with Gasteiger partial charge in [0, 0.05) is 23.9 Å². The molecule has 4 heteroatoms. The molecule has 5 aliphatic rings. The second kappa shape index (κ2) is 4.91. The molecule has 4 saturated carbocycles. The number of nitrogens with one attached hydrogen (secondary N) is 1. The van der Waals surface area contributed by atoms with Crippen LogP contribution in [0.25, 0.3) is 0 Å². The zero-order valence-corrected chi connectivity index (χ0v) is 13.1. The monoisotopic (exact) mass is 294 g/mol. The Morgan fingerprint density at radius 1 is 1.15 bits per heavy atom. The molecule has 4 aliphatic carbocycles. The maximum absolute atomic E-state index is 12.3. The first-order valence-corrected chi connectivity index (χ1v) is 8.84. The van der Waals surface area contributed by atoms with Gasteiger partial charge in [0.05, 0.1) is 6.54 Å². The number of thiol groups is 1. The van der Waals surface area contributed by atoms with Crippen LogP contribution in [0.3, 0.4) is 0 Å². The standard InChI is InChI=1S/C16H26N2OS/c19-15(18-2-1-14(20)10-18)9-17-16-6-11-3-12(7-16)5-13(4-11)8-16/h11-14,17,20H,1-10H2. The van der Waals surface area contributed by atoms with E-state index in [1.165, 1.54) is 38.5 Å². The van der Waals surface area contributed by atoms with Gasteiger partial charge in [0.15, 0.2) is 0 Å². The van der Waals surface area contributed by atoms with Gasteiger partial charge in [-0.1, -0.05) is 0 Å². The number of likely N-dealkylation sites (tertiary alicyclic amines) is 1. The van der Waals surface area contributed by atoms with Crippen LogP contribution in [0.5, 0.6) is 0 Å². The number of nitrogens with zero attached hydrogens (tertiary/aromatic N) is 1. The fourth-order valence-electron chi connectivity index (χ4n) is 5.67. The summed E-state index contributed by atoms with van der Waals surface area (Å²) < 4.78 is 0. The minimum atomic E-state index is 0.289. The molecule has 3 nitrogen and oxygen atoms in total. The number of carbonyl (C=O) groups is 1. The fourth-order valence-corrected chi connectivity index (χ4v) is 5.98. The van der Waals surface area contributed by atoms with Crippen molar-refractivity contribution in [2.45, 2.75) is 55.7 Å². The molecule has 0 spiro atoms. The van der Waals surface area contributed by atoms with Gasteiger partial charge < -0.3 is 10.2 Å². The number of hydrogen-bond acceptors (Lipinski definition) is 3. The lowest BCUT2D eigenvalue weighted by Crippen LogP contribution is -2.59. The predicted molar refractivity (Wildman–Crippen MR) is 82.9 cm³/mol. The van der Waals surface area contributed by atoms with E-state index in [0.29, 0.717) is 17.3 Å². The van der Waals surface area contributed by atoms with Gasteiger partial charge in [-0.2, -0.15) is 12.6 Å². The normalized spacial score (nSPS) is 46.1. The van der Waals surface area contributed by atoms with Crippen molar-refractivity contribution in [2.75, 3.05) is 19.6 Å². The summed E-state index contributed by atoms with van der Waals surface area (Å²) in [7, 11) is 0. The molecule has 0 aromatic heterocycles. The van der Waals surface area contributed by atoms with E-state index in [1.54, 1.807) is 0 Å². The molecule has 1 heterocycles. The van der Waals surface area contributed by atoms with E-state index in [1.807, 2.05) is 4.90 Å². The Morgan fingerprint density at radius 2 is 1.75 bits per heavy atom. The molecule has 1 saturated heterocycles. The second-order valence-electron chi connectivity index (χ2n) is 7.83. The summed E-state index contributed by atoms with van der Waals surface area (Å²) in [6.45, 7) is 2.28. The largest absolute Gasteiger partial charge is 0.340 e. The summed E-state index contributed by atoms with van der Waals surface area (Å²) in [6.07, 6.45) is 9.39. The summed E-state index contributed by atoms with van der Waals surface area (Å²) in [5.41, 5.74) is 0.310. The van der Waals surface area contributed by atoms with Gasteiger partial charge >= 0.3 is 0 Å². The molecular formula is C16H26N2OS. The van der Waals surface area contributed by atoms with Gasteiger partial charge in [-0.05, 0) is 62.7 Å². The van der Waals surface area contributed by atoms with Gasteiger partial charge in [-0.15, -0.1) is 0 Å². The van der Waals surface area contributed by atoms with Crippen molar-refractivity contribution in [3.63, 3.8) is 0 Å². The number of hydrogen-bond donors (Lipinski definition) is 2. The quantitative estimate of drug-likeness (QED) is 0.781. The van der Waals surface area contributed by atoms with Crippen LogP contribution in [0.2, 0.25) is 0 Å². The van der Waals surface area contributed by atoms with Crippen LogP contribution >= 0.6 is 12.6 Å². The van der Waals surface area contributed by atoms with Crippen LogP contribution < -0.4 is 5.32 Å². The molecule has 112 valence electrons. The lowest BCUT2D eigenvalue weighted by molar-refractivity contribution is -0.130. The van der Waals surface area contributed by atoms with Crippen molar-refractivity contribution in [1.82, 2.24) is 10.2 Å². The molecule has 1 aliphatic heterocycles. The lowest BCUT2D eigenvalue weighted by atomic mass is 9.53. The topological polar surface area (TPSA) is 32.3 Å². The molecule has 1 atom stereocenters. The Bertz CT molecular complexity index is 376. The minimum absolute atomic E-state index is 0.289. The molecule has 1 unspecified atom stereocenters. The Hall–Kier alpha value is -0.220. The van der Waals surface area contributed by atoms with E-state index in [0.717, 1.165) is 37.3 Å². The van der Waals surface area contributed by atoms with Crippen LogP contribution in [0, 0.1) is 17.8 Å². The van der Waals surface area contributed by atoms with Crippen LogP contribution in [0.4, 0.5) is 0 Å². The van der Waals surface area contributed by atoms with E-state index in [2.05, 4.69) is 17.9 Å². The van der Waals surface area contributed by atoms with Crippen LogP contribution in [-0.2, 0) is 4.79 Å². The second-order valence-corrected chi connectivity index (χ2v) is 8.56. The fraction of sp³-hybridized carbons (Fsp3) is 0.938. The van der Waals surface area contributed by atoms with Crippen molar-refractivity contribution >= 4 is 18.5 Å². The molecule has 20 heavy (non-hydrogen) atoms. The highest BCUT2D eigenvalue weighted by Crippen LogP contribution is 2.55.